The predicted molar refractivity (Wildman–Crippen MR) is 116 cm³/mol. The zero-order valence-electron chi connectivity index (χ0n) is 17.0. The van der Waals surface area contributed by atoms with Crippen LogP contribution in [0, 0.1) is 0 Å². The van der Waals surface area contributed by atoms with Gasteiger partial charge in [0, 0.05) is 11.6 Å². The third kappa shape index (κ3) is 5.46. The van der Waals surface area contributed by atoms with Crippen molar-refractivity contribution in [2.45, 2.75) is 71.4 Å². The molecule has 0 saturated carbocycles. The Kier molecular flexibility index (Phi) is 7.98. The minimum absolute atomic E-state index is 0.382. The first-order valence-electron chi connectivity index (χ1n) is 10.8. The molecule has 27 heavy (non-hydrogen) atoms. The molecule has 0 aliphatic carbocycles. The van der Waals surface area contributed by atoms with Crippen molar-refractivity contribution in [2.75, 3.05) is 26.2 Å². The molecule has 1 unspecified atom stereocenters. The summed E-state index contributed by atoms with van der Waals surface area (Å²) in [6.45, 7) is 10.3. The second-order valence-electron chi connectivity index (χ2n) is 7.81. The van der Waals surface area contributed by atoms with E-state index in [0.717, 1.165) is 36.6 Å². The summed E-state index contributed by atoms with van der Waals surface area (Å²) in [5, 5.41) is 4.41. The van der Waals surface area contributed by atoms with Crippen LogP contribution in [-0.4, -0.2) is 40.6 Å². The second-order valence-corrected chi connectivity index (χ2v) is 8.24. The van der Waals surface area contributed by atoms with Gasteiger partial charge in [-0.05, 0) is 76.5 Å². The normalized spacial score (nSPS) is 17.4. The fourth-order valence-electron chi connectivity index (χ4n) is 4.07. The van der Waals surface area contributed by atoms with Crippen LogP contribution in [0.3, 0.4) is 0 Å². The highest BCUT2D eigenvalue weighted by Crippen LogP contribution is 2.28. The van der Waals surface area contributed by atoms with Gasteiger partial charge in [-0.3, -0.25) is 0 Å². The van der Waals surface area contributed by atoms with Crippen LogP contribution in [0.15, 0.2) is 18.2 Å². The molecule has 1 aromatic carbocycles. The average Bonchev–Trinajstić information content (AvgIpc) is 3.31. The standard InChI is InChI=1S/C22H35ClN4/c1-3-5-13-26(14-6-4-2)15-8-16-27-21-17-18(23)10-11-19(21)25-22(27)20-9-7-12-24-20/h10-11,17,20,24H,3-9,12-16H2,1-2H3. The van der Waals surface area contributed by atoms with Crippen molar-refractivity contribution in [2.24, 2.45) is 0 Å². The van der Waals surface area contributed by atoms with Crippen LogP contribution in [-0.2, 0) is 6.54 Å². The van der Waals surface area contributed by atoms with Crippen LogP contribution in [0.4, 0.5) is 0 Å². The monoisotopic (exact) mass is 390 g/mol. The van der Waals surface area contributed by atoms with Crippen molar-refractivity contribution in [3.8, 4) is 0 Å². The Labute approximate surface area is 169 Å². The average molecular weight is 391 g/mol. The summed E-state index contributed by atoms with van der Waals surface area (Å²) in [5.74, 6) is 1.19. The molecular weight excluding hydrogens is 356 g/mol. The molecule has 4 nitrogen and oxygen atoms in total. The molecule has 0 spiro atoms. The van der Waals surface area contributed by atoms with Crippen LogP contribution < -0.4 is 5.32 Å². The number of nitrogens with one attached hydrogen (secondary N) is 1. The quantitative estimate of drug-likeness (QED) is 0.557. The molecule has 2 aromatic rings. The Morgan fingerprint density at radius 1 is 1.15 bits per heavy atom. The van der Waals surface area contributed by atoms with Gasteiger partial charge < -0.3 is 14.8 Å². The zero-order chi connectivity index (χ0) is 19.1. The Morgan fingerprint density at radius 2 is 1.89 bits per heavy atom. The van der Waals surface area contributed by atoms with E-state index in [4.69, 9.17) is 16.6 Å². The fourth-order valence-corrected chi connectivity index (χ4v) is 4.24. The minimum Gasteiger partial charge on any atom is -0.327 e. The van der Waals surface area contributed by atoms with Crippen molar-refractivity contribution in [1.29, 1.82) is 0 Å². The third-order valence-corrected chi connectivity index (χ3v) is 5.86. The Bertz CT molecular complexity index is 698. The summed E-state index contributed by atoms with van der Waals surface area (Å²) in [7, 11) is 0. The van der Waals surface area contributed by atoms with E-state index in [2.05, 4.69) is 40.8 Å². The number of unbranched alkanes of at least 4 members (excludes halogenated alkanes) is 2. The van der Waals surface area contributed by atoms with Crippen molar-refractivity contribution < 1.29 is 0 Å². The van der Waals surface area contributed by atoms with Gasteiger partial charge in [0.05, 0.1) is 17.1 Å². The molecule has 1 N–H and O–H groups in total. The van der Waals surface area contributed by atoms with Crippen LogP contribution in [0.1, 0.15) is 70.7 Å². The van der Waals surface area contributed by atoms with E-state index in [1.165, 1.54) is 63.0 Å². The lowest BCUT2D eigenvalue weighted by molar-refractivity contribution is 0.257. The molecule has 1 atom stereocenters. The van der Waals surface area contributed by atoms with Gasteiger partial charge >= 0.3 is 0 Å². The summed E-state index contributed by atoms with van der Waals surface area (Å²) in [5.41, 5.74) is 2.25. The first-order valence-corrected chi connectivity index (χ1v) is 11.2. The van der Waals surface area contributed by atoms with Crippen LogP contribution >= 0.6 is 11.6 Å². The maximum absolute atomic E-state index is 6.29. The third-order valence-electron chi connectivity index (χ3n) is 5.62. The van der Waals surface area contributed by atoms with Gasteiger partial charge in [0.1, 0.15) is 5.82 Å². The zero-order valence-corrected chi connectivity index (χ0v) is 17.8. The number of rotatable bonds is 11. The number of hydrogen-bond donors (Lipinski definition) is 1. The maximum atomic E-state index is 6.29. The van der Waals surface area contributed by atoms with Crippen molar-refractivity contribution >= 4 is 22.6 Å². The number of aromatic nitrogens is 2. The van der Waals surface area contributed by atoms with E-state index < -0.39 is 0 Å². The van der Waals surface area contributed by atoms with Gasteiger partial charge in [0.15, 0.2) is 0 Å². The van der Waals surface area contributed by atoms with Crippen molar-refractivity contribution in [1.82, 2.24) is 19.8 Å². The number of fused-ring (bicyclic) bond motifs is 1. The molecule has 1 aromatic heterocycles. The Hall–Kier alpha value is -1.10. The molecule has 2 heterocycles. The summed E-state index contributed by atoms with van der Waals surface area (Å²) in [4.78, 5) is 7.61. The molecule has 150 valence electrons. The lowest BCUT2D eigenvalue weighted by atomic mass is 10.2. The molecule has 1 saturated heterocycles. The highest BCUT2D eigenvalue weighted by molar-refractivity contribution is 6.31. The topological polar surface area (TPSA) is 33.1 Å². The van der Waals surface area contributed by atoms with Gasteiger partial charge in [0.25, 0.3) is 0 Å². The highest BCUT2D eigenvalue weighted by atomic mass is 35.5. The largest absolute Gasteiger partial charge is 0.327 e. The lowest BCUT2D eigenvalue weighted by Gasteiger charge is -2.22. The first kappa shape index (κ1) is 20.6. The maximum Gasteiger partial charge on any atom is 0.127 e. The Morgan fingerprint density at radius 3 is 2.56 bits per heavy atom. The van der Waals surface area contributed by atoms with Gasteiger partial charge in [-0.1, -0.05) is 38.3 Å². The minimum atomic E-state index is 0.382. The van der Waals surface area contributed by atoms with Crippen molar-refractivity contribution in [3.05, 3.63) is 29.0 Å². The SMILES string of the molecule is CCCCN(CCCC)CCCn1c(C2CCCN2)nc2ccc(Cl)cc21. The number of nitrogens with zero attached hydrogens (tertiary/aromatic N) is 3. The highest BCUT2D eigenvalue weighted by Gasteiger charge is 2.23. The van der Waals surface area contributed by atoms with Gasteiger partial charge in [-0.15, -0.1) is 0 Å². The van der Waals surface area contributed by atoms with Gasteiger partial charge in [0.2, 0.25) is 0 Å². The van der Waals surface area contributed by atoms with Crippen LogP contribution in [0.5, 0.6) is 0 Å². The summed E-state index contributed by atoms with van der Waals surface area (Å²) < 4.78 is 2.42. The molecule has 1 aliphatic rings. The van der Waals surface area contributed by atoms with E-state index in [1.54, 1.807) is 0 Å². The summed E-state index contributed by atoms with van der Waals surface area (Å²) in [6.07, 6.45) is 8.70. The van der Waals surface area contributed by atoms with E-state index in [9.17, 15) is 0 Å². The van der Waals surface area contributed by atoms with Crippen LogP contribution in [0.2, 0.25) is 5.02 Å². The fraction of sp³-hybridized carbons (Fsp3) is 0.682. The number of aryl methyl sites for hydroxylation is 1. The molecule has 0 amide bonds. The number of imidazole rings is 1. The number of halogens is 1. The second kappa shape index (κ2) is 10.4. The Balaban J connectivity index is 1.72. The van der Waals surface area contributed by atoms with E-state index in [0.29, 0.717) is 6.04 Å². The molecule has 0 bridgehead atoms. The van der Waals surface area contributed by atoms with Gasteiger partial charge in [-0.25, -0.2) is 4.98 Å². The lowest BCUT2D eigenvalue weighted by Crippen LogP contribution is -2.28. The van der Waals surface area contributed by atoms with Gasteiger partial charge in [-0.2, -0.15) is 0 Å². The molecule has 1 aliphatic heterocycles. The summed E-state index contributed by atoms with van der Waals surface area (Å²) >= 11 is 6.29. The molecule has 5 heteroatoms. The van der Waals surface area contributed by atoms with Crippen molar-refractivity contribution in [3.63, 3.8) is 0 Å². The molecular formula is C22H35ClN4. The predicted octanol–water partition coefficient (Wildman–Crippen LogP) is 5.41. The van der Waals surface area contributed by atoms with Crippen LogP contribution in [0.25, 0.3) is 11.0 Å². The summed E-state index contributed by atoms with van der Waals surface area (Å²) in [6, 6.07) is 6.47. The molecule has 1 fully saturated rings. The van der Waals surface area contributed by atoms with E-state index >= 15 is 0 Å². The number of hydrogen-bond acceptors (Lipinski definition) is 3. The smallest absolute Gasteiger partial charge is 0.127 e. The molecule has 3 rings (SSSR count). The van der Waals surface area contributed by atoms with E-state index in [-0.39, 0.29) is 0 Å². The first-order chi connectivity index (χ1) is 13.2. The van der Waals surface area contributed by atoms with E-state index in [1.807, 2.05) is 6.07 Å². The number of benzene rings is 1. The molecule has 0 radical (unpaired) electrons.